The van der Waals surface area contributed by atoms with E-state index in [0.29, 0.717) is 12.0 Å². The topological polar surface area (TPSA) is 45.0 Å². The Labute approximate surface area is 196 Å². The smallest absolute Gasteiger partial charge is 0.180 e. The van der Waals surface area contributed by atoms with Crippen LogP contribution in [0.25, 0.3) is 11.0 Å². The summed E-state index contributed by atoms with van der Waals surface area (Å²) in [5.41, 5.74) is 2.27. The van der Waals surface area contributed by atoms with E-state index < -0.39 is 0 Å². The van der Waals surface area contributed by atoms with Crippen LogP contribution in [-0.4, -0.2) is 66.9 Å². The number of rotatable bonds is 6. The van der Waals surface area contributed by atoms with Gasteiger partial charge in [-0.15, -0.1) is 0 Å². The molecular formula is C27H34N4O2. The second-order valence-corrected chi connectivity index (χ2v) is 9.98. The third-order valence-corrected chi connectivity index (χ3v) is 7.68. The highest BCUT2D eigenvalue weighted by atomic mass is 16.5. The summed E-state index contributed by atoms with van der Waals surface area (Å²) >= 11 is 0. The number of hydrogen-bond donors (Lipinski definition) is 0. The maximum absolute atomic E-state index is 6.21. The monoisotopic (exact) mass is 446 g/mol. The second-order valence-electron chi connectivity index (χ2n) is 9.98. The molecule has 0 unspecified atom stereocenters. The molecule has 4 heterocycles. The van der Waals surface area contributed by atoms with Crippen LogP contribution in [0.1, 0.15) is 31.2 Å². The van der Waals surface area contributed by atoms with E-state index in [-0.39, 0.29) is 0 Å². The van der Waals surface area contributed by atoms with Crippen molar-refractivity contribution in [2.24, 2.45) is 5.92 Å². The standard InChI is InChI=1S/C27H34N4O2/c1-2-6-26-25(5-1)27(28-33-26)31-16-15-30-18-22(7-10-23(30)19-31)20-32-24-11-8-21(9-12-24)17-29-13-3-4-14-29/h1-2,5-6,8-9,11-12,22-23H,3-4,7,10,13-20H2/t22-,23-/m1/s1. The number of piperazine rings is 1. The largest absolute Gasteiger partial charge is 0.493 e. The number of hydrogen-bond acceptors (Lipinski definition) is 6. The van der Waals surface area contributed by atoms with Gasteiger partial charge in [0.05, 0.1) is 12.0 Å². The van der Waals surface area contributed by atoms with Crippen molar-refractivity contribution in [1.29, 1.82) is 0 Å². The molecule has 0 spiro atoms. The van der Waals surface area contributed by atoms with Gasteiger partial charge >= 0.3 is 0 Å². The van der Waals surface area contributed by atoms with Gasteiger partial charge < -0.3 is 14.2 Å². The van der Waals surface area contributed by atoms with Gasteiger partial charge in [-0.05, 0) is 68.6 Å². The summed E-state index contributed by atoms with van der Waals surface area (Å²) in [6.45, 7) is 8.60. The molecule has 0 bridgehead atoms. The third-order valence-electron chi connectivity index (χ3n) is 7.68. The molecule has 174 valence electrons. The van der Waals surface area contributed by atoms with E-state index in [0.717, 1.165) is 61.9 Å². The first-order valence-corrected chi connectivity index (χ1v) is 12.6. The lowest BCUT2D eigenvalue weighted by Gasteiger charge is -2.46. The molecule has 0 N–H and O–H groups in total. The summed E-state index contributed by atoms with van der Waals surface area (Å²) in [5.74, 6) is 2.61. The van der Waals surface area contributed by atoms with Crippen LogP contribution in [0, 0.1) is 5.92 Å². The lowest BCUT2D eigenvalue weighted by molar-refractivity contribution is 0.0727. The highest BCUT2D eigenvalue weighted by Gasteiger charge is 2.34. The molecule has 0 amide bonds. The van der Waals surface area contributed by atoms with Crippen LogP contribution >= 0.6 is 0 Å². The molecule has 6 heteroatoms. The van der Waals surface area contributed by atoms with E-state index in [4.69, 9.17) is 9.26 Å². The van der Waals surface area contributed by atoms with E-state index >= 15 is 0 Å². The molecule has 3 fully saturated rings. The lowest BCUT2D eigenvalue weighted by Crippen LogP contribution is -2.57. The Balaban J connectivity index is 0.998. The SMILES string of the molecule is c1ccc2c(N3CCN4C[C@H](COc5ccc(CN6CCCC6)cc5)CC[C@@H]4C3)noc2c1. The van der Waals surface area contributed by atoms with Crippen molar-refractivity contribution in [2.45, 2.75) is 38.3 Å². The first-order chi connectivity index (χ1) is 16.3. The number of nitrogens with zero attached hydrogens (tertiary/aromatic N) is 4. The van der Waals surface area contributed by atoms with Gasteiger partial charge in [0.25, 0.3) is 0 Å². The number of para-hydroxylation sites is 1. The summed E-state index contributed by atoms with van der Waals surface area (Å²) in [7, 11) is 0. The van der Waals surface area contributed by atoms with Gasteiger partial charge in [-0.2, -0.15) is 0 Å². The molecule has 3 aromatic rings. The number of benzene rings is 2. The van der Waals surface area contributed by atoms with Crippen molar-refractivity contribution in [3.05, 3.63) is 54.1 Å². The quantitative estimate of drug-likeness (QED) is 0.559. The Bertz CT molecular complexity index is 1060. The van der Waals surface area contributed by atoms with Gasteiger partial charge in [0.1, 0.15) is 5.75 Å². The van der Waals surface area contributed by atoms with Crippen LogP contribution in [0.5, 0.6) is 5.75 Å². The first kappa shape index (κ1) is 21.0. The van der Waals surface area contributed by atoms with Crippen molar-refractivity contribution in [2.75, 3.05) is 50.8 Å². The van der Waals surface area contributed by atoms with E-state index in [1.807, 2.05) is 12.1 Å². The van der Waals surface area contributed by atoms with Gasteiger partial charge in [-0.25, -0.2) is 0 Å². The molecule has 3 aliphatic rings. The van der Waals surface area contributed by atoms with E-state index in [1.165, 1.54) is 44.3 Å². The molecule has 6 rings (SSSR count). The summed E-state index contributed by atoms with van der Waals surface area (Å²) in [4.78, 5) is 7.61. The maximum atomic E-state index is 6.21. The molecule has 3 aliphatic heterocycles. The minimum absolute atomic E-state index is 0.593. The van der Waals surface area contributed by atoms with Crippen molar-refractivity contribution < 1.29 is 9.26 Å². The summed E-state index contributed by atoms with van der Waals surface area (Å²) in [6, 6.07) is 17.5. The Hall–Kier alpha value is -2.57. The van der Waals surface area contributed by atoms with E-state index in [9.17, 15) is 0 Å². The fraction of sp³-hybridized carbons (Fsp3) is 0.519. The number of fused-ring (bicyclic) bond motifs is 2. The van der Waals surface area contributed by atoms with Gasteiger partial charge in [0.15, 0.2) is 11.4 Å². The van der Waals surface area contributed by atoms with E-state index in [1.54, 1.807) is 0 Å². The van der Waals surface area contributed by atoms with Crippen LogP contribution in [0.3, 0.4) is 0 Å². The third kappa shape index (κ3) is 4.59. The molecule has 2 atom stereocenters. The van der Waals surface area contributed by atoms with Crippen molar-refractivity contribution in [3.8, 4) is 5.75 Å². The Morgan fingerprint density at radius 2 is 1.76 bits per heavy atom. The molecular weight excluding hydrogens is 412 g/mol. The highest BCUT2D eigenvalue weighted by molar-refractivity contribution is 5.88. The Morgan fingerprint density at radius 3 is 2.64 bits per heavy atom. The summed E-state index contributed by atoms with van der Waals surface area (Å²) < 4.78 is 11.8. The van der Waals surface area contributed by atoms with Gasteiger partial charge in [0.2, 0.25) is 0 Å². The summed E-state index contributed by atoms with van der Waals surface area (Å²) in [6.07, 6.45) is 5.13. The molecule has 0 aliphatic carbocycles. The number of anilines is 1. The highest BCUT2D eigenvalue weighted by Crippen LogP contribution is 2.31. The van der Waals surface area contributed by atoms with Crippen LogP contribution in [0.4, 0.5) is 5.82 Å². The van der Waals surface area contributed by atoms with E-state index in [2.05, 4.69) is 56.3 Å². The predicted octanol–water partition coefficient (Wildman–Crippen LogP) is 4.40. The van der Waals surface area contributed by atoms with Crippen molar-refractivity contribution >= 4 is 16.8 Å². The number of ether oxygens (including phenoxy) is 1. The zero-order chi connectivity index (χ0) is 22.0. The molecule has 2 aromatic carbocycles. The maximum Gasteiger partial charge on any atom is 0.180 e. The van der Waals surface area contributed by atoms with Crippen molar-refractivity contribution in [1.82, 2.24) is 15.0 Å². The number of likely N-dealkylation sites (tertiary alicyclic amines) is 1. The molecule has 1 aromatic heterocycles. The average Bonchev–Trinajstić information content (AvgIpc) is 3.53. The number of piperidine rings is 1. The fourth-order valence-electron chi connectivity index (χ4n) is 5.79. The zero-order valence-corrected chi connectivity index (χ0v) is 19.4. The van der Waals surface area contributed by atoms with Crippen molar-refractivity contribution in [3.63, 3.8) is 0 Å². The molecule has 0 radical (unpaired) electrons. The van der Waals surface area contributed by atoms with Gasteiger partial charge in [-0.1, -0.05) is 29.4 Å². The normalized spacial score (nSPS) is 24.3. The molecule has 33 heavy (non-hydrogen) atoms. The molecule has 0 saturated carbocycles. The Kier molecular flexibility index (Phi) is 5.95. The zero-order valence-electron chi connectivity index (χ0n) is 19.4. The average molecular weight is 447 g/mol. The predicted molar refractivity (Wildman–Crippen MR) is 131 cm³/mol. The summed E-state index contributed by atoms with van der Waals surface area (Å²) in [5, 5.41) is 5.50. The van der Waals surface area contributed by atoms with Gasteiger partial charge in [-0.3, -0.25) is 9.80 Å². The second kappa shape index (κ2) is 9.35. The lowest BCUT2D eigenvalue weighted by atomic mass is 9.91. The minimum Gasteiger partial charge on any atom is -0.493 e. The van der Waals surface area contributed by atoms with Crippen LogP contribution in [-0.2, 0) is 6.54 Å². The molecule has 3 saturated heterocycles. The molecule has 6 nitrogen and oxygen atoms in total. The Morgan fingerprint density at radius 1 is 0.909 bits per heavy atom. The minimum atomic E-state index is 0.593. The first-order valence-electron chi connectivity index (χ1n) is 12.6. The van der Waals surface area contributed by atoms with Crippen LogP contribution in [0.2, 0.25) is 0 Å². The van der Waals surface area contributed by atoms with Gasteiger partial charge in [0, 0.05) is 44.7 Å². The fourth-order valence-corrected chi connectivity index (χ4v) is 5.79. The number of aromatic nitrogens is 1. The van der Waals surface area contributed by atoms with Crippen LogP contribution < -0.4 is 9.64 Å². The van der Waals surface area contributed by atoms with Crippen LogP contribution in [0.15, 0.2) is 53.1 Å².